The maximum absolute atomic E-state index is 13.4. The van der Waals surface area contributed by atoms with Crippen LogP contribution in [0, 0.1) is 11.6 Å². The van der Waals surface area contributed by atoms with Crippen LogP contribution < -0.4 is 5.01 Å². The Morgan fingerprint density at radius 3 is 2.07 bits per heavy atom. The first-order chi connectivity index (χ1) is 13.8. The molecule has 3 aromatic rings. The van der Waals surface area contributed by atoms with Gasteiger partial charge in [-0.05, 0) is 53.6 Å². The van der Waals surface area contributed by atoms with E-state index in [0.29, 0.717) is 23.3 Å². The van der Waals surface area contributed by atoms with Crippen molar-refractivity contribution < 1.29 is 22.0 Å². The van der Waals surface area contributed by atoms with Crippen molar-refractivity contribution in [1.29, 1.82) is 0 Å². The first-order valence-electron chi connectivity index (χ1n) is 8.86. The van der Waals surface area contributed by atoms with Crippen molar-refractivity contribution in [1.82, 2.24) is 0 Å². The molecule has 29 heavy (non-hydrogen) atoms. The number of anilines is 1. The van der Waals surface area contributed by atoms with Gasteiger partial charge in [0.15, 0.2) is 0 Å². The normalized spacial score (nSPS) is 16.8. The molecule has 0 aliphatic carbocycles. The summed E-state index contributed by atoms with van der Waals surface area (Å²) in [6, 6.07) is 16.0. The van der Waals surface area contributed by atoms with Crippen LogP contribution in [0.5, 0.6) is 0 Å². The maximum Gasteiger partial charge on any atom is 0.416 e. The van der Waals surface area contributed by atoms with E-state index in [1.165, 1.54) is 35.3 Å². The quantitative estimate of drug-likeness (QED) is 0.467. The minimum Gasteiger partial charge on any atom is -0.257 e. The van der Waals surface area contributed by atoms with Crippen molar-refractivity contribution in [2.45, 2.75) is 18.6 Å². The van der Waals surface area contributed by atoms with Crippen molar-refractivity contribution in [3.63, 3.8) is 0 Å². The van der Waals surface area contributed by atoms with E-state index in [-0.39, 0.29) is 5.69 Å². The maximum atomic E-state index is 13.4. The number of hydrogen-bond donors (Lipinski definition) is 0. The summed E-state index contributed by atoms with van der Waals surface area (Å²) in [5.74, 6) is -0.797. The first-order valence-corrected chi connectivity index (χ1v) is 8.86. The Morgan fingerprint density at radius 2 is 1.45 bits per heavy atom. The average Bonchev–Trinajstić information content (AvgIpc) is 3.14. The van der Waals surface area contributed by atoms with Crippen LogP contribution in [0.4, 0.5) is 27.6 Å². The summed E-state index contributed by atoms with van der Waals surface area (Å²) >= 11 is 0. The summed E-state index contributed by atoms with van der Waals surface area (Å²) in [6.45, 7) is 0. The predicted octanol–water partition coefficient (Wildman–Crippen LogP) is 6.34. The molecule has 1 unspecified atom stereocenters. The first kappa shape index (κ1) is 19.1. The van der Waals surface area contributed by atoms with Crippen LogP contribution in [0.15, 0.2) is 77.9 Å². The summed E-state index contributed by atoms with van der Waals surface area (Å²) in [6.07, 6.45) is -4.10. The Kier molecular flexibility index (Phi) is 4.82. The molecule has 0 amide bonds. The minimum atomic E-state index is -4.48. The van der Waals surface area contributed by atoms with E-state index in [2.05, 4.69) is 5.10 Å². The zero-order chi connectivity index (χ0) is 20.6. The fraction of sp³-hybridized carbons (Fsp3) is 0.136. The number of nitrogens with zero attached hydrogens (tertiary/aromatic N) is 2. The highest BCUT2D eigenvalue weighted by atomic mass is 19.4. The third-order valence-electron chi connectivity index (χ3n) is 4.78. The lowest BCUT2D eigenvalue weighted by Gasteiger charge is -2.24. The van der Waals surface area contributed by atoms with Gasteiger partial charge in [0.05, 0.1) is 23.0 Å². The lowest BCUT2D eigenvalue weighted by molar-refractivity contribution is -0.137. The Balaban J connectivity index is 1.77. The Bertz CT molecular complexity index is 1040. The zero-order valence-corrected chi connectivity index (χ0v) is 15.0. The van der Waals surface area contributed by atoms with Gasteiger partial charge in [-0.2, -0.15) is 18.3 Å². The van der Waals surface area contributed by atoms with Gasteiger partial charge in [0.1, 0.15) is 11.6 Å². The molecule has 1 aliphatic heterocycles. The molecule has 3 aromatic carbocycles. The van der Waals surface area contributed by atoms with Gasteiger partial charge in [-0.1, -0.05) is 30.3 Å². The zero-order valence-electron chi connectivity index (χ0n) is 15.0. The highest BCUT2D eigenvalue weighted by molar-refractivity contribution is 6.03. The minimum absolute atomic E-state index is 0.270. The van der Waals surface area contributed by atoms with Crippen LogP contribution in [-0.4, -0.2) is 5.71 Å². The van der Waals surface area contributed by atoms with Gasteiger partial charge in [0.25, 0.3) is 0 Å². The molecule has 4 rings (SSSR count). The predicted molar refractivity (Wildman–Crippen MR) is 101 cm³/mol. The van der Waals surface area contributed by atoms with Gasteiger partial charge in [-0.15, -0.1) is 0 Å². The lowest BCUT2D eigenvalue weighted by Crippen LogP contribution is -2.19. The SMILES string of the molecule is Fc1ccc(C2=NN(c3cccc(C(F)(F)F)c3)C(c3ccc(F)cc3)C2)cc1. The molecule has 0 bridgehead atoms. The highest BCUT2D eigenvalue weighted by Crippen LogP contribution is 2.39. The summed E-state index contributed by atoms with van der Waals surface area (Å²) in [4.78, 5) is 0. The van der Waals surface area contributed by atoms with Crippen molar-refractivity contribution >= 4 is 11.4 Å². The molecule has 0 fully saturated rings. The smallest absolute Gasteiger partial charge is 0.257 e. The van der Waals surface area contributed by atoms with Crippen molar-refractivity contribution in [2.75, 3.05) is 5.01 Å². The third kappa shape index (κ3) is 3.99. The van der Waals surface area contributed by atoms with Crippen molar-refractivity contribution in [3.05, 3.63) is 101 Å². The van der Waals surface area contributed by atoms with Crippen LogP contribution in [-0.2, 0) is 6.18 Å². The van der Waals surface area contributed by atoms with Gasteiger partial charge in [0.2, 0.25) is 0 Å². The van der Waals surface area contributed by atoms with Crippen LogP contribution in [0.2, 0.25) is 0 Å². The summed E-state index contributed by atoms with van der Waals surface area (Å²) < 4.78 is 66.1. The van der Waals surface area contributed by atoms with Gasteiger partial charge in [-0.3, -0.25) is 5.01 Å². The van der Waals surface area contributed by atoms with E-state index in [4.69, 9.17) is 0 Å². The topological polar surface area (TPSA) is 15.6 Å². The molecule has 1 atom stereocenters. The number of rotatable bonds is 3. The van der Waals surface area contributed by atoms with E-state index in [0.717, 1.165) is 12.1 Å². The Morgan fingerprint density at radius 1 is 0.828 bits per heavy atom. The third-order valence-corrected chi connectivity index (χ3v) is 4.78. The number of hydrogen-bond acceptors (Lipinski definition) is 2. The molecule has 1 aliphatic rings. The number of hydrazone groups is 1. The molecule has 7 heteroatoms. The average molecular weight is 402 g/mol. The van der Waals surface area contributed by atoms with Gasteiger partial charge >= 0.3 is 6.18 Å². The summed E-state index contributed by atoms with van der Waals surface area (Å²) in [7, 11) is 0. The van der Waals surface area contributed by atoms with Crippen LogP contribution >= 0.6 is 0 Å². The fourth-order valence-corrected chi connectivity index (χ4v) is 3.33. The monoisotopic (exact) mass is 402 g/mol. The van der Waals surface area contributed by atoms with Gasteiger partial charge in [0, 0.05) is 6.42 Å². The second-order valence-corrected chi connectivity index (χ2v) is 6.72. The molecule has 2 nitrogen and oxygen atoms in total. The molecule has 0 aromatic heterocycles. The molecule has 1 heterocycles. The Hall–Kier alpha value is -3.22. The van der Waals surface area contributed by atoms with Gasteiger partial charge in [-0.25, -0.2) is 8.78 Å². The fourth-order valence-electron chi connectivity index (χ4n) is 3.33. The molecule has 0 spiro atoms. The lowest BCUT2D eigenvalue weighted by atomic mass is 9.98. The second-order valence-electron chi connectivity index (χ2n) is 6.72. The number of benzene rings is 3. The van der Waals surface area contributed by atoms with Crippen LogP contribution in [0.3, 0.4) is 0 Å². The van der Waals surface area contributed by atoms with Crippen LogP contribution in [0.1, 0.15) is 29.2 Å². The van der Waals surface area contributed by atoms with Gasteiger partial charge < -0.3 is 0 Å². The van der Waals surface area contributed by atoms with Crippen molar-refractivity contribution in [2.24, 2.45) is 5.10 Å². The van der Waals surface area contributed by atoms with E-state index in [9.17, 15) is 22.0 Å². The number of alkyl halides is 3. The van der Waals surface area contributed by atoms with Crippen LogP contribution in [0.25, 0.3) is 0 Å². The number of halogens is 5. The molecular weight excluding hydrogens is 387 g/mol. The molecule has 0 N–H and O–H groups in total. The molecule has 0 radical (unpaired) electrons. The second kappa shape index (κ2) is 7.31. The standard InChI is InChI=1S/C22H15F5N2/c23-17-8-4-14(5-9-17)20-13-21(15-6-10-18(24)11-7-15)29(28-20)19-3-1-2-16(12-19)22(25,26)27/h1-12,21H,13H2. The summed E-state index contributed by atoms with van der Waals surface area (Å²) in [5.41, 5.74) is 1.49. The largest absolute Gasteiger partial charge is 0.416 e. The summed E-state index contributed by atoms with van der Waals surface area (Å²) in [5, 5.41) is 6.03. The Labute approximate surface area is 163 Å². The molecular formula is C22H15F5N2. The van der Waals surface area contributed by atoms with E-state index >= 15 is 0 Å². The molecule has 0 saturated heterocycles. The van der Waals surface area contributed by atoms with E-state index < -0.39 is 29.4 Å². The van der Waals surface area contributed by atoms with Crippen molar-refractivity contribution in [3.8, 4) is 0 Å². The molecule has 148 valence electrons. The van der Waals surface area contributed by atoms with E-state index in [1.807, 2.05) is 0 Å². The highest BCUT2D eigenvalue weighted by Gasteiger charge is 2.34. The molecule has 0 saturated carbocycles. The van der Waals surface area contributed by atoms with E-state index in [1.54, 1.807) is 30.3 Å².